The number of carbonyl (C=O) groups excluding carboxylic acids is 2. The Balaban J connectivity index is 1.56. The Hall–Kier alpha value is -3.54. The van der Waals surface area contributed by atoms with Crippen LogP contribution >= 0.6 is 11.8 Å². The van der Waals surface area contributed by atoms with Crippen LogP contribution < -0.4 is 14.8 Å². The van der Waals surface area contributed by atoms with Gasteiger partial charge in [-0.15, -0.1) is 0 Å². The first-order chi connectivity index (χ1) is 21.5. The van der Waals surface area contributed by atoms with Gasteiger partial charge in [0.05, 0.1) is 43.2 Å². The highest BCUT2D eigenvalue weighted by Gasteiger charge is 2.27. The smallest absolute Gasteiger partial charge is 0.305 e. The molecular formula is C29H38N6O8S2. The Morgan fingerprint density at radius 1 is 1.13 bits per heavy atom. The monoisotopic (exact) mass is 662 g/mol. The molecule has 1 fully saturated rings. The zero-order valence-electron chi connectivity index (χ0n) is 25.1. The molecule has 2 aromatic carbocycles. The van der Waals surface area contributed by atoms with Crippen LogP contribution in [0.1, 0.15) is 13.3 Å². The number of hydrogen-bond donors (Lipinski definition) is 4. The summed E-state index contributed by atoms with van der Waals surface area (Å²) in [6, 6.07) is 10.2. The van der Waals surface area contributed by atoms with Crippen molar-refractivity contribution in [2.75, 3.05) is 57.4 Å². The number of thioether (sulfide) groups is 1. The van der Waals surface area contributed by atoms with Gasteiger partial charge in [-0.2, -0.15) is 0 Å². The van der Waals surface area contributed by atoms with Gasteiger partial charge in [0.25, 0.3) is 0 Å². The topological polar surface area (TPSA) is 183 Å². The number of imidazole rings is 1. The number of anilines is 1. The molecule has 45 heavy (non-hydrogen) atoms. The van der Waals surface area contributed by atoms with Crippen LogP contribution in [0.15, 0.2) is 52.5 Å². The van der Waals surface area contributed by atoms with Gasteiger partial charge in [0.2, 0.25) is 15.9 Å². The third-order valence-electron chi connectivity index (χ3n) is 7.20. The minimum atomic E-state index is -4.42. The summed E-state index contributed by atoms with van der Waals surface area (Å²) in [5.41, 5.74) is 1.99. The minimum Gasteiger partial charge on any atom is -0.487 e. The van der Waals surface area contributed by atoms with Crippen molar-refractivity contribution in [3.63, 3.8) is 0 Å². The van der Waals surface area contributed by atoms with Crippen LogP contribution in [0, 0.1) is 0 Å². The SMILES string of the molecule is CSc1nc2ccccc2n1CC(C)Oc1cc(NC(=O)CN2CCN(CCO)CC2)ccc1S(=O)(=O)NC(C=O)CC(=O)O. The summed E-state index contributed by atoms with van der Waals surface area (Å²) in [7, 11) is -4.42. The number of fused-ring (bicyclic) bond motifs is 1. The number of hydrogen-bond acceptors (Lipinski definition) is 11. The lowest BCUT2D eigenvalue weighted by Crippen LogP contribution is -2.49. The lowest BCUT2D eigenvalue weighted by Gasteiger charge is -2.33. The summed E-state index contributed by atoms with van der Waals surface area (Å²) in [5, 5.41) is 21.8. The number of benzene rings is 2. The summed E-state index contributed by atoms with van der Waals surface area (Å²) in [6.07, 6.45) is 0.815. The van der Waals surface area contributed by atoms with E-state index in [-0.39, 0.29) is 36.0 Å². The first kappa shape index (κ1) is 34.3. The molecule has 244 valence electrons. The molecule has 3 aromatic rings. The number of sulfonamides is 1. The third kappa shape index (κ3) is 9.24. The number of aromatic nitrogens is 2. The molecule has 16 heteroatoms. The fourth-order valence-corrected chi connectivity index (χ4v) is 6.95. The van der Waals surface area contributed by atoms with E-state index < -0.39 is 34.6 Å². The van der Waals surface area contributed by atoms with E-state index in [4.69, 9.17) is 14.9 Å². The lowest BCUT2D eigenvalue weighted by atomic mass is 10.2. The number of aliphatic hydroxyl groups is 1. The summed E-state index contributed by atoms with van der Waals surface area (Å²) >= 11 is 1.46. The fourth-order valence-electron chi connectivity index (χ4n) is 5.08. The van der Waals surface area contributed by atoms with Crippen molar-refractivity contribution in [2.24, 2.45) is 0 Å². The molecule has 1 aromatic heterocycles. The van der Waals surface area contributed by atoms with Crippen LogP contribution in [0.2, 0.25) is 0 Å². The molecule has 0 radical (unpaired) electrons. The molecule has 0 spiro atoms. The maximum Gasteiger partial charge on any atom is 0.305 e. The van der Waals surface area contributed by atoms with E-state index in [2.05, 4.69) is 19.9 Å². The minimum absolute atomic E-state index is 0.0811. The average Bonchev–Trinajstić information content (AvgIpc) is 3.34. The Kier molecular flexibility index (Phi) is 11.9. The quantitative estimate of drug-likeness (QED) is 0.127. The maximum atomic E-state index is 13.4. The number of aliphatic carboxylic acids is 1. The number of piperazine rings is 1. The number of nitrogens with one attached hydrogen (secondary N) is 2. The second-order valence-corrected chi connectivity index (χ2v) is 13.1. The number of amides is 1. The molecule has 1 amide bonds. The zero-order valence-corrected chi connectivity index (χ0v) is 26.7. The molecule has 4 rings (SSSR count). The van der Waals surface area contributed by atoms with Gasteiger partial charge in [-0.05, 0) is 37.4 Å². The molecule has 2 unspecified atom stereocenters. The number of aliphatic hydroxyl groups excluding tert-OH is 1. The van der Waals surface area contributed by atoms with E-state index in [9.17, 15) is 22.8 Å². The molecule has 0 saturated carbocycles. The van der Waals surface area contributed by atoms with Gasteiger partial charge in [0, 0.05) is 44.5 Å². The summed E-state index contributed by atoms with van der Waals surface area (Å²) in [4.78, 5) is 43.9. The molecule has 2 heterocycles. The van der Waals surface area contributed by atoms with Crippen LogP contribution in [-0.4, -0.2) is 120 Å². The van der Waals surface area contributed by atoms with Crippen molar-refractivity contribution >= 4 is 56.7 Å². The number of carboxylic acids is 1. The van der Waals surface area contributed by atoms with E-state index >= 15 is 0 Å². The van der Waals surface area contributed by atoms with Gasteiger partial charge in [0.15, 0.2) is 5.16 Å². The standard InChI is InChI=1S/C29H38N6O8S2/c1-20(17-35-24-6-4-3-5-23(24)31-29(35)44-2)43-25-15-21(30-27(38)18-34-11-9-33(10-12-34)13-14-36)7-8-26(25)45(41,42)32-22(19-37)16-28(39)40/h3-8,15,19-20,22,32,36H,9-14,16-18H2,1-2H3,(H,30,38)(H,39,40). The Morgan fingerprint density at radius 3 is 2.51 bits per heavy atom. The van der Waals surface area contributed by atoms with Crippen molar-refractivity contribution in [1.29, 1.82) is 0 Å². The highest BCUT2D eigenvalue weighted by Crippen LogP contribution is 2.30. The Morgan fingerprint density at radius 2 is 1.84 bits per heavy atom. The number of carbonyl (C=O) groups is 3. The van der Waals surface area contributed by atoms with Crippen molar-refractivity contribution in [3.05, 3.63) is 42.5 Å². The largest absolute Gasteiger partial charge is 0.487 e. The van der Waals surface area contributed by atoms with Crippen LogP contribution in [0.25, 0.3) is 11.0 Å². The molecule has 1 aliphatic rings. The number of carboxylic acid groups (broad SMARTS) is 1. The third-order valence-corrected chi connectivity index (χ3v) is 9.41. The number of β-amino-alcohol motifs (C(OH)–C–C–N with tert-alkyl or cyclic N) is 1. The number of ether oxygens (including phenoxy) is 1. The fraction of sp³-hybridized carbons (Fsp3) is 0.448. The van der Waals surface area contributed by atoms with Crippen molar-refractivity contribution in [1.82, 2.24) is 24.1 Å². The summed E-state index contributed by atoms with van der Waals surface area (Å²) < 4.78 is 37.0. The van der Waals surface area contributed by atoms with Crippen LogP contribution in [-0.2, 0) is 31.0 Å². The van der Waals surface area contributed by atoms with E-state index in [1.54, 1.807) is 6.92 Å². The predicted molar refractivity (Wildman–Crippen MR) is 169 cm³/mol. The maximum absolute atomic E-state index is 13.4. The molecular weight excluding hydrogens is 624 g/mol. The van der Waals surface area contributed by atoms with E-state index in [1.807, 2.05) is 40.0 Å². The van der Waals surface area contributed by atoms with Gasteiger partial charge in [0.1, 0.15) is 23.0 Å². The highest BCUT2D eigenvalue weighted by atomic mass is 32.2. The molecule has 1 saturated heterocycles. The zero-order chi connectivity index (χ0) is 32.6. The lowest BCUT2D eigenvalue weighted by molar-refractivity contribution is -0.138. The van der Waals surface area contributed by atoms with Gasteiger partial charge >= 0.3 is 5.97 Å². The van der Waals surface area contributed by atoms with Crippen LogP contribution in [0.5, 0.6) is 5.75 Å². The number of para-hydroxylation sites is 2. The molecule has 4 N–H and O–H groups in total. The van der Waals surface area contributed by atoms with E-state index in [0.717, 1.165) is 29.3 Å². The van der Waals surface area contributed by atoms with Gasteiger partial charge < -0.3 is 29.6 Å². The van der Waals surface area contributed by atoms with E-state index in [0.29, 0.717) is 31.9 Å². The molecule has 0 aliphatic carbocycles. The molecule has 2 atom stereocenters. The first-order valence-electron chi connectivity index (χ1n) is 14.4. The molecule has 1 aliphatic heterocycles. The average molecular weight is 663 g/mol. The number of nitrogens with zero attached hydrogens (tertiary/aromatic N) is 4. The van der Waals surface area contributed by atoms with Crippen LogP contribution in [0.4, 0.5) is 5.69 Å². The Bertz CT molecular complexity index is 1610. The predicted octanol–water partition coefficient (Wildman–Crippen LogP) is 1.09. The normalized spacial score (nSPS) is 15.9. The second kappa shape index (κ2) is 15.6. The van der Waals surface area contributed by atoms with Gasteiger partial charge in [-0.25, -0.2) is 18.1 Å². The first-order valence-corrected chi connectivity index (χ1v) is 17.1. The molecule has 0 bridgehead atoms. The van der Waals surface area contributed by atoms with Crippen LogP contribution in [0.3, 0.4) is 0 Å². The van der Waals surface area contributed by atoms with Crippen molar-refractivity contribution in [3.8, 4) is 5.75 Å². The van der Waals surface area contributed by atoms with Crippen molar-refractivity contribution in [2.45, 2.75) is 42.1 Å². The summed E-state index contributed by atoms with van der Waals surface area (Å²) in [6.45, 7) is 5.68. The number of rotatable bonds is 16. The van der Waals surface area contributed by atoms with E-state index in [1.165, 1.54) is 30.0 Å². The Labute approximate surface area is 265 Å². The molecule has 14 nitrogen and oxygen atoms in total. The van der Waals surface area contributed by atoms with Crippen molar-refractivity contribution < 1.29 is 37.8 Å². The van der Waals surface area contributed by atoms with Gasteiger partial charge in [-0.1, -0.05) is 23.9 Å². The van der Waals surface area contributed by atoms with Gasteiger partial charge in [-0.3, -0.25) is 19.4 Å². The summed E-state index contributed by atoms with van der Waals surface area (Å²) in [5.74, 6) is -1.72. The number of aldehydes is 1. The highest BCUT2D eigenvalue weighted by molar-refractivity contribution is 7.98. The second-order valence-electron chi connectivity index (χ2n) is 10.6.